The van der Waals surface area contributed by atoms with E-state index in [0.29, 0.717) is 24.0 Å². The highest BCUT2D eigenvalue weighted by Crippen LogP contribution is 2.37. The molecular weight excluding hydrogens is 468 g/mol. The molecule has 1 saturated carbocycles. The second-order valence-corrected chi connectivity index (χ2v) is 10.5. The molecule has 1 aliphatic carbocycles. The summed E-state index contributed by atoms with van der Waals surface area (Å²) < 4.78 is 7.26. The van der Waals surface area contributed by atoms with Gasteiger partial charge in [0.05, 0.1) is 24.4 Å². The SMILES string of the molecule is COC[C@H](C)Nc1ncc2c(-c3ccc(C(=O)N4CCN(C)CC4)cc3)cc(C3CCC(O)CC3)n2n1. The summed E-state index contributed by atoms with van der Waals surface area (Å²) >= 11 is 0. The van der Waals surface area contributed by atoms with Crippen molar-refractivity contribution in [2.45, 2.75) is 50.7 Å². The summed E-state index contributed by atoms with van der Waals surface area (Å²) in [5.41, 5.74) is 4.87. The Morgan fingerprint density at radius 3 is 2.51 bits per heavy atom. The molecular formula is C28H38N6O3. The van der Waals surface area contributed by atoms with Gasteiger partial charge in [-0.3, -0.25) is 4.79 Å². The Kier molecular flexibility index (Phi) is 7.73. The summed E-state index contributed by atoms with van der Waals surface area (Å²) in [4.78, 5) is 21.8. The number of amides is 1. The number of likely N-dealkylation sites (N-methyl/N-ethyl adjacent to an activating group) is 1. The van der Waals surface area contributed by atoms with Crippen LogP contribution in [0, 0.1) is 0 Å². The Labute approximate surface area is 218 Å². The number of fused-ring (bicyclic) bond motifs is 1. The monoisotopic (exact) mass is 506 g/mol. The molecule has 0 spiro atoms. The van der Waals surface area contributed by atoms with Crippen molar-refractivity contribution >= 4 is 17.4 Å². The van der Waals surface area contributed by atoms with Crippen LogP contribution >= 0.6 is 0 Å². The molecule has 1 atom stereocenters. The third kappa shape index (κ3) is 5.63. The molecule has 9 heteroatoms. The van der Waals surface area contributed by atoms with E-state index in [0.717, 1.165) is 74.2 Å². The molecule has 1 amide bonds. The van der Waals surface area contributed by atoms with Gasteiger partial charge in [0.1, 0.15) is 0 Å². The Balaban J connectivity index is 1.45. The first-order chi connectivity index (χ1) is 17.9. The number of carbonyl (C=O) groups excluding carboxylic acids is 1. The minimum Gasteiger partial charge on any atom is -0.393 e. The quantitative estimate of drug-likeness (QED) is 0.508. The largest absolute Gasteiger partial charge is 0.393 e. The third-order valence-corrected chi connectivity index (χ3v) is 7.69. The van der Waals surface area contributed by atoms with Gasteiger partial charge in [-0.15, -0.1) is 5.10 Å². The minimum atomic E-state index is -0.214. The maximum atomic E-state index is 13.0. The Hall–Kier alpha value is -3.01. The van der Waals surface area contributed by atoms with Crippen LogP contribution in [0.3, 0.4) is 0 Å². The first-order valence-electron chi connectivity index (χ1n) is 13.3. The first kappa shape index (κ1) is 25.6. The van der Waals surface area contributed by atoms with E-state index in [1.807, 2.05) is 46.8 Å². The molecule has 37 heavy (non-hydrogen) atoms. The molecule has 0 bridgehead atoms. The molecule has 3 heterocycles. The molecule has 5 rings (SSSR count). The van der Waals surface area contributed by atoms with Gasteiger partial charge < -0.3 is 25.0 Å². The number of aliphatic hydroxyl groups is 1. The number of hydrogen-bond donors (Lipinski definition) is 2. The summed E-state index contributed by atoms with van der Waals surface area (Å²) in [5, 5.41) is 18.2. The number of carbonyl (C=O) groups is 1. The number of piperazine rings is 1. The van der Waals surface area contributed by atoms with Crippen LogP contribution in [-0.4, -0.2) is 94.5 Å². The lowest BCUT2D eigenvalue weighted by Gasteiger charge is -2.32. The normalized spacial score (nSPS) is 21.8. The van der Waals surface area contributed by atoms with E-state index >= 15 is 0 Å². The van der Waals surface area contributed by atoms with Crippen molar-refractivity contribution in [3.63, 3.8) is 0 Å². The fraction of sp³-hybridized carbons (Fsp3) is 0.536. The maximum absolute atomic E-state index is 13.0. The maximum Gasteiger partial charge on any atom is 0.253 e. The lowest BCUT2D eigenvalue weighted by Crippen LogP contribution is -2.47. The number of benzene rings is 1. The number of methoxy groups -OCH3 is 1. The van der Waals surface area contributed by atoms with Gasteiger partial charge >= 0.3 is 0 Å². The lowest BCUT2D eigenvalue weighted by atomic mass is 9.85. The molecule has 1 aromatic carbocycles. The van der Waals surface area contributed by atoms with Crippen molar-refractivity contribution in [2.24, 2.45) is 0 Å². The third-order valence-electron chi connectivity index (χ3n) is 7.69. The predicted octanol–water partition coefficient (Wildman–Crippen LogP) is 3.25. The van der Waals surface area contributed by atoms with Crippen LogP contribution in [0.4, 0.5) is 5.95 Å². The highest BCUT2D eigenvalue weighted by atomic mass is 16.5. The zero-order chi connectivity index (χ0) is 25.9. The van der Waals surface area contributed by atoms with Gasteiger partial charge in [-0.2, -0.15) is 0 Å². The highest BCUT2D eigenvalue weighted by Gasteiger charge is 2.26. The molecule has 2 aromatic heterocycles. The number of hydrogen-bond acceptors (Lipinski definition) is 7. The second kappa shape index (κ2) is 11.2. The second-order valence-electron chi connectivity index (χ2n) is 10.5. The van der Waals surface area contributed by atoms with E-state index in [2.05, 4.69) is 28.3 Å². The number of ether oxygens (including phenoxy) is 1. The van der Waals surface area contributed by atoms with E-state index < -0.39 is 0 Å². The van der Waals surface area contributed by atoms with E-state index in [9.17, 15) is 9.90 Å². The van der Waals surface area contributed by atoms with E-state index in [4.69, 9.17) is 9.84 Å². The van der Waals surface area contributed by atoms with Gasteiger partial charge in [0.15, 0.2) is 0 Å². The minimum absolute atomic E-state index is 0.0798. The molecule has 2 N–H and O–H groups in total. The van der Waals surface area contributed by atoms with Gasteiger partial charge in [0.2, 0.25) is 5.95 Å². The molecule has 2 aliphatic rings. The zero-order valence-corrected chi connectivity index (χ0v) is 22.1. The molecule has 9 nitrogen and oxygen atoms in total. The number of aliphatic hydroxyl groups excluding tert-OH is 1. The summed E-state index contributed by atoms with van der Waals surface area (Å²) in [6, 6.07) is 10.2. The van der Waals surface area contributed by atoms with Crippen LogP contribution in [0.2, 0.25) is 0 Å². The zero-order valence-electron chi connectivity index (χ0n) is 22.1. The molecule has 1 saturated heterocycles. The fourth-order valence-corrected chi connectivity index (χ4v) is 5.47. The Bertz CT molecular complexity index is 1210. The summed E-state index contributed by atoms with van der Waals surface area (Å²) in [5.74, 6) is 0.971. The van der Waals surface area contributed by atoms with Crippen molar-refractivity contribution in [2.75, 3.05) is 52.3 Å². The first-order valence-corrected chi connectivity index (χ1v) is 13.3. The van der Waals surface area contributed by atoms with Crippen LogP contribution in [0.5, 0.6) is 0 Å². The van der Waals surface area contributed by atoms with Gasteiger partial charge in [-0.05, 0) is 63.4 Å². The number of nitrogens with zero attached hydrogens (tertiary/aromatic N) is 5. The van der Waals surface area contributed by atoms with Crippen molar-refractivity contribution in [1.29, 1.82) is 0 Å². The van der Waals surface area contributed by atoms with E-state index in [-0.39, 0.29) is 18.1 Å². The molecule has 198 valence electrons. The van der Waals surface area contributed by atoms with Crippen molar-refractivity contribution in [3.8, 4) is 11.1 Å². The van der Waals surface area contributed by atoms with Crippen LogP contribution in [-0.2, 0) is 4.74 Å². The van der Waals surface area contributed by atoms with Gasteiger partial charge in [0.25, 0.3) is 5.91 Å². The molecule has 1 aliphatic heterocycles. The fourth-order valence-electron chi connectivity index (χ4n) is 5.47. The van der Waals surface area contributed by atoms with Gasteiger partial charge in [0, 0.05) is 62.1 Å². The lowest BCUT2D eigenvalue weighted by molar-refractivity contribution is 0.0664. The molecule has 3 aromatic rings. The summed E-state index contributed by atoms with van der Waals surface area (Å²) in [6.45, 7) is 5.93. The van der Waals surface area contributed by atoms with Crippen LogP contribution in [0.1, 0.15) is 54.6 Å². The standard InChI is InChI=1S/C28H38N6O3/c1-19(18-37-3)30-28-29-17-26-24(16-25(34(26)31-28)21-8-10-23(35)11-9-21)20-4-6-22(7-5-20)27(36)33-14-12-32(2)13-15-33/h4-7,16-17,19,21,23,35H,8-15,18H2,1-3H3,(H,30,31)/t19-,21?,23?/m0/s1. The molecule has 2 fully saturated rings. The van der Waals surface area contributed by atoms with Crippen LogP contribution in [0.15, 0.2) is 36.5 Å². The van der Waals surface area contributed by atoms with E-state index in [1.54, 1.807) is 7.11 Å². The van der Waals surface area contributed by atoms with E-state index in [1.165, 1.54) is 0 Å². The van der Waals surface area contributed by atoms with Crippen LogP contribution < -0.4 is 5.32 Å². The van der Waals surface area contributed by atoms with Crippen LogP contribution in [0.25, 0.3) is 16.6 Å². The van der Waals surface area contributed by atoms with Gasteiger partial charge in [-0.1, -0.05) is 12.1 Å². The number of rotatable bonds is 7. The number of anilines is 1. The summed E-state index contributed by atoms with van der Waals surface area (Å²) in [6.07, 6.45) is 5.12. The van der Waals surface area contributed by atoms with Crippen molar-refractivity contribution in [1.82, 2.24) is 24.4 Å². The predicted molar refractivity (Wildman–Crippen MR) is 144 cm³/mol. The number of aromatic nitrogens is 3. The van der Waals surface area contributed by atoms with Crippen molar-refractivity contribution < 1.29 is 14.6 Å². The van der Waals surface area contributed by atoms with Gasteiger partial charge in [-0.25, -0.2) is 9.50 Å². The number of nitrogens with one attached hydrogen (secondary N) is 1. The molecule has 0 radical (unpaired) electrons. The average Bonchev–Trinajstić information content (AvgIpc) is 3.28. The molecule has 0 unspecified atom stereocenters. The Morgan fingerprint density at radius 2 is 1.84 bits per heavy atom. The smallest absolute Gasteiger partial charge is 0.253 e. The highest BCUT2D eigenvalue weighted by molar-refractivity contribution is 5.95. The summed E-state index contributed by atoms with van der Waals surface area (Å²) in [7, 11) is 3.77. The topological polar surface area (TPSA) is 95.2 Å². The van der Waals surface area contributed by atoms with Crippen molar-refractivity contribution in [3.05, 3.63) is 47.8 Å². The average molecular weight is 507 g/mol. The Morgan fingerprint density at radius 1 is 1.14 bits per heavy atom.